The Morgan fingerprint density at radius 1 is 0.962 bits per heavy atom. The van der Waals surface area contributed by atoms with Crippen LogP contribution in [-0.2, 0) is 10.0 Å². The first kappa shape index (κ1) is 16.9. The topological polar surface area (TPSA) is 72.0 Å². The predicted molar refractivity (Wildman–Crippen MR) is 106 cm³/mol. The van der Waals surface area contributed by atoms with Crippen LogP contribution in [0.5, 0.6) is 0 Å². The molecule has 130 valence electrons. The van der Waals surface area contributed by atoms with Crippen molar-refractivity contribution in [3.8, 4) is 21.8 Å². The molecule has 4 aromatic rings. The van der Waals surface area contributed by atoms with Crippen molar-refractivity contribution in [2.24, 2.45) is 0 Å². The zero-order chi connectivity index (χ0) is 18.0. The number of anilines is 1. The summed E-state index contributed by atoms with van der Waals surface area (Å²) in [4.78, 5) is 8.75. The van der Waals surface area contributed by atoms with Gasteiger partial charge in [0, 0.05) is 34.6 Å². The Balaban J connectivity index is 1.62. The van der Waals surface area contributed by atoms with E-state index in [0.29, 0.717) is 5.69 Å². The summed E-state index contributed by atoms with van der Waals surface area (Å²) in [5.41, 5.74) is 3.11. The van der Waals surface area contributed by atoms with Crippen molar-refractivity contribution in [1.82, 2.24) is 9.97 Å². The summed E-state index contributed by atoms with van der Waals surface area (Å²) in [6.45, 7) is 0. The summed E-state index contributed by atoms with van der Waals surface area (Å²) in [5, 5.41) is 4.56. The Morgan fingerprint density at radius 2 is 1.85 bits per heavy atom. The van der Waals surface area contributed by atoms with Crippen molar-refractivity contribution in [3.05, 3.63) is 71.7 Å². The third-order valence-electron chi connectivity index (χ3n) is 3.58. The van der Waals surface area contributed by atoms with Crippen LogP contribution in [0, 0.1) is 0 Å². The zero-order valence-corrected chi connectivity index (χ0v) is 15.8. The van der Waals surface area contributed by atoms with Gasteiger partial charge >= 0.3 is 0 Å². The monoisotopic (exact) mass is 399 g/mol. The molecule has 0 bridgehead atoms. The summed E-state index contributed by atoms with van der Waals surface area (Å²) in [5.74, 6) is 0. The summed E-state index contributed by atoms with van der Waals surface area (Å²) in [7, 11) is -3.56. The second-order valence-electron chi connectivity index (χ2n) is 5.40. The Labute approximate surface area is 159 Å². The normalized spacial score (nSPS) is 11.4. The number of aromatic nitrogens is 2. The number of nitrogens with zero attached hydrogens (tertiary/aromatic N) is 2. The maximum absolute atomic E-state index is 12.4. The van der Waals surface area contributed by atoms with Crippen LogP contribution in [0.25, 0.3) is 21.8 Å². The Morgan fingerprint density at radius 3 is 2.62 bits per heavy atom. The second kappa shape index (κ2) is 6.99. The Bertz CT molecular complexity index is 1120. The van der Waals surface area contributed by atoms with Crippen molar-refractivity contribution in [2.45, 2.75) is 4.21 Å². The van der Waals surface area contributed by atoms with E-state index in [4.69, 9.17) is 0 Å². The Hall–Kier alpha value is -2.55. The molecular formula is C18H13N3O2S3. The molecule has 3 aromatic heterocycles. The van der Waals surface area contributed by atoms with Gasteiger partial charge in [0.2, 0.25) is 0 Å². The largest absolute Gasteiger partial charge is 0.279 e. The van der Waals surface area contributed by atoms with Gasteiger partial charge in [-0.25, -0.2) is 13.4 Å². The number of thiazole rings is 1. The highest BCUT2D eigenvalue weighted by Crippen LogP contribution is 2.30. The minimum absolute atomic E-state index is 0.287. The number of rotatable bonds is 5. The van der Waals surface area contributed by atoms with Crippen LogP contribution >= 0.6 is 22.7 Å². The fourth-order valence-electron chi connectivity index (χ4n) is 2.39. The molecule has 1 N–H and O–H groups in total. The first-order valence-corrected chi connectivity index (χ1v) is 10.9. The van der Waals surface area contributed by atoms with E-state index < -0.39 is 10.0 Å². The summed E-state index contributed by atoms with van der Waals surface area (Å²) < 4.78 is 27.7. The number of thiophene rings is 1. The average molecular weight is 400 g/mol. The highest BCUT2D eigenvalue weighted by Gasteiger charge is 2.15. The molecule has 0 amide bonds. The highest BCUT2D eigenvalue weighted by molar-refractivity contribution is 7.94. The number of benzene rings is 1. The molecule has 3 heterocycles. The molecule has 0 unspecified atom stereocenters. The zero-order valence-electron chi connectivity index (χ0n) is 13.4. The van der Waals surface area contributed by atoms with Gasteiger partial charge in [0.1, 0.15) is 9.22 Å². The minimum atomic E-state index is -3.56. The van der Waals surface area contributed by atoms with E-state index in [2.05, 4.69) is 14.7 Å². The van der Waals surface area contributed by atoms with Gasteiger partial charge in [-0.05, 0) is 35.7 Å². The summed E-state index contributed by atoms with van der Waals surface area (Å²) in [6, 6.07) is 14.4. The van der Waals surface area contributed by atoms with Crippen LogP contribution < -0.4 is 4.72 Å². The van der Waals surface area contributed by atoms with Crippen molar-refractivity contribution >= 4 is 38.4 Å². The van der Waals surface area contributed by atoms with Crippen LogP contribution in [0.3, 0.4) is 0 Å². The lowest BCUT2D eigenvalue weighted by Crippen LogP contribution is -2.11. The van der Waals surface area contributed by atoms with Gasteiger partial charge in [-0.2, -0.15) is 0 Å². The van der Waals surface area contributed by atoms with Gasteiger partial charge in [-0.15, -0.1) is 22.7 Å². The van der Waals surface area contributed by atoms with E-state index >= 15 is 0 Å². The Kier molecular flexibility index (Phi) is 4.54. The van der Waals surface area contributed by atoms with E-state index in [1.807, 2.05) is 29.6 Å². The molecule has 0 saturated heterocycles. The van der Waals surface area contributed by atoms with E-state index in [-0.39, 0.29) is 4.21 Å². The van der Waals surface area contributed by atoms with Crippen molar-refractivity contribution in [3.63, 3.8) is 0 Å². The van der Waals surface area contributed by atoms with E-state index in [1.54, 1.807) is 42.0 Å². The van der Waals surface area contributed by atoms with Crippen LogP contribution in [0.1, 0.15) is 0 Å². The highest BCUT2D eigenvalue weighted by atomic mass is 32.2. The summed E-state index contributed by atoms with van der Waals surface area (Å²) in [6.07, 6.45) is 3.50. The van der Waals surface area contributed by atoms with Gasteiger partial charge in [0.15, 0.2) is 0 Å². The summed E-state index contributed by atoms with van der Waals surface area (Å²) >= 11 is 2.71. The molecule has 0 atom stereocenters. The van der Waals surface area contributed by atoms with Crippen LogP contribution in [-0.4, -0.2) is 18.4 Å². The quantitative estimate of drug-likeness (QED) is 0.526. The average Bonchev–Trinajstić information content (AvgIpc) is 3.35. The number of hydrogen-bond donors (Lipinski definition) is 1. The molecule has 1 aromatic carbocycles. The van der Waals surface area contributed by atoms with Crippen LogP contribution in [0.15, 0.2) is 75.9 Å². The first-order valence-electron chi connectivity index (χ1n) is 7.64. The lowest BCUT2D eigenvalue weighted by Gasteiger charge is -2.07. The molecule has 5 nitrogen and oxygen atoms in total. The lowest BCUT2D eigenvalue weighted by molar-refractivity contribution is 0.603. The molecule has 0 fully saturated rings. The smallest absolute Gasteiger partial charge is 0.271 e. The number of nitrogens with one attached hydrogen (secondary N) is 1. The fraction of sp³-hybridized carbons (Fsp3) is 0. The lowest BCUT2D eigenvalue weighted by atomic mass is 10.1. The molecule has 0 radical (unpaired) electrons. The van der Waals surface area contributed by atoms with Crippen molar-refractivity contribution in [1.29, 1.82) is 0 Å². The molecule has 0 aliphatic carbocycles. The van der Waals surface area contributed by atoms with E-state index in [0.717, 1.165) is 21.8 Å². The molecule has 8 heteroatoms. The number of sulfonamides is 1. The maximum Gasteiger partial charge on any atom is 0.271 e. The SMILES string of the molecule is O=S(=O)(Nc1cccc(-c2csc(-c3cccnc3)n2)c1)c1cccs1. The van der Waals surface area contributed by atoms with Gasteiger partial charge in [-0.3, -0.25) is 9.71 Å². The standard InChI is InChI=1S/C18H13N3O2S3/c22-26(23,17-7-3-9-24-17)21-15-6-1-4-13(10-15)16-12-25-18(20-16)14-5-2-8-19-11-14/h1-12,21H. The first-order chi connectivity index (χ1) is 12.6. The van der Waals surface area contributed by atoms with Gasteiger partial charge in [-0.1, -0.05) is 18.2 Å². The van der Waals surface area contributed by atoms with Crippen LogP contribution in [0.4, 0.5) is 5.69 Å². The maximum atomic E-state index is 12.4. The molecule has 0 saturated carbocycles. The predicted octanol–water partition coefficient (Wildman–Crippen LogP) is 4.73. The number of hydrogen-bond acceptors (Lipinski definition) is 6. The van der Waals surface area contributed by atoms with Gasteiger partial charge in [0.25, 0.3) is 10.0 Å². The van der Waals surface area contributed by atoms with Gasteiger partial charge < -0.3 is 0 Å². The van der Waals surface area contributed by atoms with Crippen molar-refractivity contribution in [2.75, 3.05) is 4.72 Å². The molecular weight excluding hydrogens is 386 g/mol. The molecule has 0 aliphatic heterocycles. The van der Waals surface area contributed by atoms with Crippen LogP contribution in [0.2, 0.25) is 0 Å². The molecule has 0 aliphatic rings. The van der Waals surface area contributed by atoms with E-state index in [1.165, 1.54) is 22.7 Å². The third-order valence-corrected chi connectivity index (χ3v) is 7.25. The van der Waals surface area contributed by atoms with E-state index in [9.17, 15) is 8.42 Å². The second-order valence-corrected chi connectivity index (χ2v) is 9.11. The molecule has 4 rings (SSSR count). The third kappa shape index (κ3) is 3.52. The molecule has 26 heavy (non-hydrogen) atoms. The fourth-order valence-corrected chi connectivity index (χ4v) is 5.25. The molecule has 0 spiro atoms. The minimum Gasteiger partial charge on any atom is -0.279 e. The van der Waals surface area contributed by atoms with Gasteiger partial charge in [0.05, 0.1) is 5.69 Å². The van der Waals surface area contributed by atoms with Crippen molar-refractivity contribution < 1.29 is 8.42 Å². The number of pyridine rings is 1.